The van der Waals surface area contributed by atoms with Crippen LogP contribution in [0, 0.1) is 19.8 Å². The molecule has 0 spiro atoms. The number of rotatable bonds is 8. The quantitative estimate of drug-likeness (QED) is 0.672. The minimum atomic E-state index is -1.07. The average Bonchev–Trinajstić information content (AvgIpc) is 2.47. The van der Waals surface area contributed by atoms with Gasteiger partial charge < -0.3 is 15.7 Å². The van der Waals surface area contributed by atoms with Crippen molar-refractivity contribution in [3.63, 3.8) is 0 Å². The van der Waals surface area contributed by atoms with Gasteiger partial charge in [0, 0.05) is 0 Å². The molecule has 1 atom stereocenters. The molecule has 2 amide bonds. The van der Waals surface area contributed by atoms with E-state index in [-0.39, 0.29) is 24.8 Å². The van der Waals surface area contributed by atoms with E-state index in [0.29, 0.717) is 6.42 Å². The first-order valence-electron chi connectivity index (χ1n) is 8.04. The summed E-state index contributed by atoms with van der Waals surface area (Å²) >= 11 is 0. The summed E-state index contributed by atoms with van der Waals surface area (Å²) in [6.07, 6.45) is 0.534. The molecular weight excluding hydrogens is 308 g/mol. The summed E-state index contributed by atoms with van der Waals surface area (Å²) in [5, 5.41) is 14.1. The number of nitrogens with one attached hydrogen (secondary N) is 2. The maximum Gasteiger partial charge on any atom is 0.326 e. The highest BCUT2D eigenvalue weighted by atomic mass is 16.4. The molecule has 0 bridgehead atoms. The van der Waals surface area contributed by atoms with E-state index < -0.39 is 17.9 Å². The predicted octanol–water partition coefficient (Wildman–Crippen LogP) is 1.58. The van der Waals surface area contributed by atoms with Gasteiger partial charge in [0.25, 0.3) is 0 Å². The largest absolute Gasteiger partial charge is 0.480 e. The first-order chi connectivity index (χ1) is 11.2. The van der Waals surface area contributed by atoms with E-state index in [1.807, 2.05) is 45.9 Å². The predicted molar refractivity (Wildman–Crippen MR) is 91.7 cm³/mol. The topological polar surface area (TPSA) is 95.5 Å². The highest BCUT2D eigenvalue weighted by Gasteiger charge is 2.21. The van der Waals surface area contributed by atoms with E-state index in [9.17, 15) is 14.4 Å². The SMILES string of the molecule is Cc1ccc(C)c(CC(=O)NCC(=O)N[C@@H](CC(C)C)C(=O)O)c1. The minimum absolute atomic E-state index is 0.144. The second-order valence-electron chi connectivity index (χ2n) is 6.47. The molecule has 24 heavy (non-hydrogen) atoms. The standard InChI is InChI=1S/C18H26N2O4/c1-11(2)7-15(18(23)24)20-17(22)10-19-16(21)9-14-8-12(3)5-6-13(14)4/h5-6,8,11,15H,7,9-10H2,1-4H3,(H,19,21)(H,20,22)(H,23,24)/t15-/m0/s1. The molecule has 0 heterocycles. The Morgan fingerprint density at radius 2 is 1.79 bits per heavy atom. The smallest absolute Gasteiger partial charge is 0.326 e. The minimum Gasteiger partial charge on any atom is -0.480 e. The van der Waals surface area contributed by atoms with E-state index in [4.69, 9.17) is 5.11 Å². The molecule has 0 saturated carbocycles. The third-order valence-corrected chi connectivity index (χ3v) is 3.64. The van der Waals surface area contributed by atoms with Crippen molar-refractivity contribution >= 4 is 17.8 Å². The molecule has 1 rings (SSSR count). The zero-order chi connectivity index (χ0) is 18.3. The molecular formula is C18H26N2O4. The Morgan fingerprint density at radius 1 is 1.12 bits per heavy atom. The lowest BCUT2D eigenvalue weighted by molar-refractivity contribution is -0.142. The molecule has 1 aromatic rings. The van der Waals surface area contributed by atoms with Crippen molar-refractivity contribution in [3.8, 4) is 0 Å². The highest BCUT2D eigenvalue weighted by Crippen LogP contribution is 2.11. The second-order valence-corrected chi connectivity index (χ2v) is 6.47. The zero-order valence-electron chi connectivity index (χ0n) is 14.7. The second kappa shape index (κ2) is 9.05. The van der Waals surface area contributed by atoms with Crippen LogP contribution in [0.2, 0.25) is 0 Å². The fraction of sp³-hybridized carbons (Fsp3) is 0.500. The van der Waals surface area contributed by atoms with Crippen LogP contribution in [0.4, 0.5) is 0 Å². The van der Waals surface area contributed by atoms with E-state index in [1.165, 1.54) is 0 Å². The van der Waals surface area contributed by atoms with Gasteiger partial charge in [0.2, 0.25) is 11.8 Å². The summed E-state index contributed by atoms with van der Waals surface area (Å²) in [5.41, 5.74) is 3.00. The summed E-state index contributed by atoms with van der Waals surface area (Å²) in [7, 11) is 0. The first-order valence-corrected chi connectivity index (χ1v) is 8.04. The fourth-order valence-electron chi connectivity index (χ4n) is 2.34. The van der Waals surface area contributed by atoms with Gasteiger partial charge in [-0.15, -0.1) is 0 Å². The summed E-state index contributed by atoms with van der Waals surface area (Å²) < 4.78 is 0. The van der Waals surface area contributed by atoms with E-state index >= 15 is 0 Å². The third-order valence-electron chi connectivity index (χ3n) is 3.64. The van der Waals surface area contributed by atoms with Crippen LogP contribution in [0.3, 0.4) is 0 Å². The molecule has 3 N–H and O–H groups in total. The zero-order valence-corrected chi connectivity index (χ0v) is 14.7. The van der Waals surface area contributed by atoms with E-state index in [1.54, 1.807) is 0 Å². The van der Waals surface area contributed by atoms with Crippen LogP contribution < -0.4 is 10.6 Å². The Balaban J connectivity index is 2.49. The van der Waals surface area contributed by atoms with Crippen molar-refractivity contribution in [1.29, 1.82) is 0 Å². The molecule has 0 saturated heterocycles. The first kappa shape index (κ1) is 19.7. The number of aliphatic carboxylic acids is 1. The average molecular weight is 334 g/mol. The summed E-state index contributed by atoms with van der Waals surface area (Å²) in [6, 6.07) is 4.94. The van der Waals surface area contributed by atoms with Crippen molar-refractivity contribution in [2.45, 2.75) is 46.6 Å². The van der Waals surface area contributed by atoms with Crippen molar-refractivity contribution < 1.29 is 19.5 Å². The monoisotopic (exact) mass is 334 g/mol. The van der Waals surface area contributed by atoms with Gasteiger partial charge in [-0.05, 0) is 37.3 Å². The summed E-state index contributed by atoms with van der Waals surface area (Å²) in [6.45, 7) is 7.42. The lowest BCUT2D eigenvalue weighted by atomic mass is 10.0. The van der Waals surface area contributed by atoms with Gasteiger partial charge in [-0.1, -0.05) is 37.6 Å². The van der Waals surface area contributed by atoms with E-state index in [0.717, 1.165) is 16.7 Å². The number of carbonyl (C=O) groups is 3. The van der Waals surface area contributed by atoms with Crippen LogP contribution in [0.1, 0.15) is 37.0 Å². The van der Waals surface area contributed by atoms with Crippen LogP contribution in [-0.2, 0) is 20.8 Å². The number of aryl methyl sites for hydroxylation is 2. The van der Waals surface area contributed by atoms with Crippen molar-refractivity contribution in [3.05, 3.63) is 34.9 Å². The maximum absolute atomic E-state index is 12.0. The normalized spacial score (nSPS) is 11.9. The molecule has 0 aliphatic rings. The number of amides is 2. The number of hydrogen-bond acceptors (Lipinski definition) is 3. The number of hydrogen-bond donors (Lipinski definition) is 3. The van der Waals surface area contributed by atoms with Gasteiger partial charge in [0.15, 0.2) is 0 Å². The van der Waals surface area contributed by atoms with Crippen molar-refractivity contribution in [2.75, 3.05) is 6.54 Å². The third kappa shape index (κ3) is 6.81. The molecule has 6 heteroatoms. The molecule has 0 radical (unpaired) electrons. The maximum atomic E-state index is 12.0. The van der Waals surface area contributed by atoms with Crippen LogP contribution in [0.15, 0.2) is 18.2 Å². The molecule has 0 aliphatic heterocycles. The molecule has 0 fully saturated rings. The summed E-state index contributed by atoms with van der Waals surface area (Å²) in [5.74, 6) is -1.70. The van der Waals surface area contributed by atoms with Crippen molar-refractivity contribution in [2.24, 2.45) is 5.92 Å². The van der Waals surface area contributed by atoms with Gasteiger partial charge >= 0.3 is 5.97 Å². The van der Waals surface area contributed by atoms with Gasteiger partial charge in [-0.25, -0.2) is 4.79 Å². The Bertz CT molecular complexity index is 611. The van der Waals surface area contributed by atoms with Crippen LogP contribution >= 0.6 is 0 Å². The van der Waals surface area contributed by atoms with Gasteiger partial charge in [-0.2, -0.15) is 0 Å². The highest BCUT2D eigenvalue weighted by molar-refractivity contribution is 5.88. The number of carbonyl (C=O) groups excluding carboxylic acids is 2. The molecule has 0 aromatic heterocycles. The van der Waals surface area contributed by atoms with Crippen LogP contribution in [0.25, 0.3) is 0 Å². The molecule has 0 unspecified atom stereocenters. The number of carboxylic acids is 1. The molecule has 0 aliphatic carbocycles. The Hall–Kier alpha value is -2.37. The van der Waals surface area contributed by atoms with Gasteiger partial charge in [0.1, 0.15) is 6.04 Å². The van der Waals surface area contributed by atoms with Gasteiger partial charge in [0.05, 0.1) is 13.0 Å². The fourth-order valence-corrected chi connectivity index (χ4v) is 2.34. The Labute approximate surface area is 142 Å². The Morgan fingerprint density at radius 3 is 2.38 bits per heavy atom. The lowest BCUT2D eigenvalue weighted by Crippen LogP contribution is -2.46. The van der Waals surface area contributed by atoms with Gasteiger partial charge in [-0.3, -0.25) is 9.59 Å². The number of carboxylic acid groups (broad SMARTS) is 1. The molecule has 6 nitrogen and oxygen atoms in total. The molecule has 132 valence electrons. The molecule has 1 aromatic carbocycles. The summed E-state index contributed by atoms with van der Waals surface area (Å²) in [4.78, 5) is 34.9. The van der Waals surface area contributed by atoms with Crippen LogP contribution in [0.5, 0.6) is 0 Å². The van der Waals surface area contributed by atoms with Crippen LogP contribution in [-0.4, -0.2) is 35.5 Å². The lowest BCUT2D eigenvalue weighted by Gasteiger charge is -2.16. The Kier molecular flexibility index (Phi) is 7.42. The van der Waals surface area contributed by atoms with Crippen molar-refractivity contribution in [1.82, 2.24) is 10.6 Å². The number of benzene rings is 1. The van der Waals surface area contributed by atoms with E-state index in [2.05, 4.69) is 10.6 Å².